The number of nitrogens with zero attached hydrogens (tertiary/aromatic N) is 4. The highest BCUT2D eigenvalue weighted by Crippen LogP contribution is 2.40. The molecule has 1 aromatic heterocycles. The van der Waals surface area contributed by atoms with Gasteiger partial charge >= 0.3 is 0 Å². The molecule has 0 unspecified atom stereocenters. The van der Waals surface area contributed by atoms with Crippen molar-refractivity contribution in [1.29, 1.82) is 0 Å². The van der Waals surface area contributed by atoms with Crippen molar-refractivity contribution in [2.24, 2.45) is 0 Å². The number of anilines is 1. The molecule has 32 heavy (non-hydrogen) atoms. The number of carbonyl (C=O) groups excluding carboxylic acids is 1. The van der Waals surface area contributed by atoms with Crippen LogP contribution in [-0.2, 0) is 21.4 Å². The zero-order valence-electron chi connectivity index (χ0n) is 18.3. The molecule has 2 aromatic rings. The van der Waals surface area contributed by atoms with Gasteiger partial charge in [-0.05, 0) is 57.7 Å². The van der Waals surface area contributed by atoms with Crippen molar-refractivity contribution in [3.8, 4) is 0 Å². The number of piperidine rings is 1. The number of amides is 1. The van der Waals surface area contributed by atoms with Crippen LogP contribution in [0, 0.1) is 0 Å². The zero-order chi connectivity index (χ0) is 22.9. The summed E-state index contributed by atoms with van der Waals surface area (Å²) in [5.74, 6) is 1.19. The summed E-state index contributed by atoms with van der Waals surface area (Å²) in [7, 11) is -3.62. The fraction of sp³-hybridized carbons (Fsp3) is 0.571. The van der Waals surface area contributed by atoms with E-state index in [4.69, 9.17) is 11.6 Å². The molecule has 4 rings (SSSR count). The molecule has 0 radical (unpaired) electrons. The minimum Gasteiger partial charge on any atom is -0.324 e. The zero-order valence-corrected chi connectivity index (χ0v) is 20.6. The number of carbonyl (C=O) groups is 1. The first-order valence-electron chi connectivity index (χ1n) is 11.0. The molecular weight excluding hydrogens is 470 g/mol. The maximum Gasteiger partial charge on any atom is 0.243 e. The van der Waals surface area contributed by atoms with Crippen LogP contribution in [-0.4, -0.2) is 51.7 Å². The molecule has 1 aromatic carbocycles. The van der Waals surface area contributed by atoms with E-state index in [1.807, 2.05) is 6.92 Å². The third kappa shape index (κ3) is 4.98. The van der Waals surface area contributed by atoms with Crippen LogP contribution >= 0.6 is 23.4 Å². The lowest BCUT2D eigenvalue weighted by Gasteiger charge is -2.26. The van der Waals surface area contributed by atoms with Gasteiger partial charge in [-0.15, -0.1) is 10.2 Å². The van der Waals surface area contributed by atoms with Crippen molar-refractivity contribution in [2.75, 3.05) is 18.4 Å². The first-order chi connectivity index (χ1) is 15.3. The van der Waals surface area contributed by atoms with Crippen LogP contribution in [0.1, 0.15) is 57.7 Å². The number of benzene rings is 1. The third-order valence-corrected chi connectivity index (χ3v) is 9.11. The second-order valence-electron chi connectivity index (χ2n) is 8.22. The number of rotatable bonds is 8. The average Bonchev–Trinajstić information content (AvgIpc) is 3.56. The Bertz CT molecular complexity index is 1090. The first kappa shape index (κ1) is 23.5. The molecule has 8 nitrogen and oxygen atoms in total. The predicted molar refractivity (Wildman–Crippen MR) is 126 cm³/mol. The van der Waals surface area contributed by atoms with Crippen molar-refractivity contribution in [1.82, 2.24) is 19.1 Å². The lowest BCUT2D eigenvalue weighted by molar-refractivity contribution is -0.115. The van der Waals surface area contributed by atoms with Gasteiger partial charge in [-0.2, -0.15) is 4.31 Å². The van der Waals surface area contributed by atoms with E-state index in [0.717, 1.165) is 44.5 Å². The SMILES string of the molecule is CCn1c(S[C@H](C)C(=O)Nc2cc(S(=O)(=O)N3CCCCC3)ccc2Cl)nnc1C1CC1. The van der Waals surface area contributed by atoms with E-state index in [-0.39, 0.29) is 16.5 Å². The van der Waals surface area contributed by atoms with E-state index in [2.05, 4.69) is 20.1 Å². The molecule has 1 saturated carbocycles. The van der Waals surface area contributed by atoms with Crippen molar-refractivity contribution in [3.05, 3.63) is 29.0 Å². The highest BCUT2D eigenvalue weighted by molar-refractivity contribution is 8.00. The Morgan fingerprint density at radius 2 is 1.97 bits per heavy atom. The standard InChI is InChI=1S/C21H28ClN5O3S2/c1-3-27-19(15-7-8-15)24-25-21(27)31-14(2)20(28)23-18-13-16(9-10-17(18)22)32(29,30)26-11-5-4-6-12-26/h9-10,13-15H,3-8,11-12H2,1-2H3,(H,23,28)/t14-/m1/s1. The van der Waals surface area contributed by atoms with Crippen LogP contribution in [0.4, 0.5) is 5.69 Å². The van der Waals surface area contributed by atoms with Crippen LogP contribution in [0.15, 0.2) is 28.3 Å². The van der Waals surface area contributed by atoms with Gasteiger partial charge in [-0.25, -0.2) is 8.42 Å². The van der Waals surface area contributed by atoms with E-state index in [1.54, 1.807) is 6.92 Å². The van der Waals surface area contributed by atoms with Crippen LogP contribution in [0.2, 0.25) is 5.02 Å². The van der Waals surface area contributed by atoms with Gasteiger partial charge in [0.25, 0.3) is 0 Å². The van der Waals surface area contributed by atoms with E-state index < -0.39 is 15.3 Å². The van der Waals surface area contributed by atoms with Crippen LogP contribution in [0.3, 0.4) is 0 Å². The summed E-state index contributed by atoms with van der Waals surface area (Å²) in [4.78, 5) is 13.0. The van der Waals surface area contributed by atoms with Crippen LogP contribution in [0.5, 0.6) is 0 Å². The fourth-order valence-electron chi connectivity index (χ4n) is 3.79. The maximum atomic E-state index is 13.0. The van der Waals surface area contributed by atoms with E-state index in [9.17, 15) is 13.2 Å². The molecule has 1 amide bonds. The molecule has 2 heterocycles. The Balaban J connectivity index is 1.47. The van der Waals surface area contributed by atoms with Gasteiger partial charge in [-0.1, -0.05) is 29.8 Å². The molecule has 1 aliphatic carbocycles. The number of halogens is 1. The van der Waals surface area contributed by atoms with Gasteiger partial charge < -0.3 is 9.88 Å². The lowest BCUT2D eigenvalue weighted by atomic mass is 10.2. The Morgan fingerprint density at radius 1 is 1.25 bits per heavy atom. The number of thioether (sulfide) groups is 1. The molecule has 0 bridgehead atoms. The lowest BCUT2D eigenvalue weighted by Crippen LogP contribution is -2.35. The second-order valence-corrected chi connectivity index (χ2v) is 11.9. The van der Waals surface area contributed by atoms with Crippen molar-refractivity contribution in [2.45, 2.75) is 73.7 Å². The Morgan fingerprint density at radius 3 is 2.62 bits per heavy atom. The summed E-state index contributed by atoms with van der Waals surface area (Å²) < 4.78 is 29.5. The third-order valence-electron chi connectivity index (χ3n) is 5.80. The molecule has 1 atom stereocenters. The normalized spacial score (nSPS) is 18.5. The Labute approximate surface area is 198 Å². The molecule has 1 saturated heterocycles. The highest BCUT2D eigenvalue weighted by Gasteiger charge is 2.31. The molecule has 2 aliphatic rings. The van der Waals surface area contributed by atoms with Crippen LogP contribution in [0.25, 0.3) is 0 Å². The summed E-state index contributed by atoms with van der Waals surface area (Å²) in [6.45, 7) is 5.60. The Hall–Kier alpha value is -1.62. The van der Waals surface area contributed by atoms with Gasteiger partial charge in [-0.3, -0.25) is 4.79 Å². The van der Waals surface area contributed by atoms with Gasteiger partial charge in [0.2, 0.25) is 15.9 Å². The maximum absolute atomic E-state index is 13.0. The van der Waals surface area contributed by atoms with E-state index >= 15 is 0 Å². The number of nitrogens with one attached hydrogen (secondary N) is 1. The van der Waals surface area contributed by atoms with Crippen molar-refractivity contribution in [3.63, 3.8) is 0 Å². The van der Waals surface area contributed by atoms with E-state index in [0.29, 0.717) is 29.2 Å². The summed E-state index contributed by atoms with van der Waals surface area (Å²) in [6, 6.07) is 4.45. The largest absolute Gasteiger partial charge is 0.324 e. The van der Waals surface area contributed by atoms with Gasteiger partial charge in [0.05, 0.1) is 20.9 Å². The summed E-state index contributed by atoms with van der Waals surface area (Å²) >= 11 is 7.61. The van der Waals surface area contributed by atoms with Crippen molar-refractivity contribution >= 4 is 45.0 Å². The number of hydrogen-bond donors (Lipinski definition) is 1. The number of aromatic nitrogens is 3. The quantitative estimate of drug-likeness (QED) is 0.551. The predicted octanol–water partition coefficient (Wildman–Crippen LogP) is 4.12. The average molecular weight is 498 g/mol. The van der Waals surface area contributed by atoms with Gasteiger partial charge in [0.1, 0.15) is 5.82 Å². The molecule has 11 heteroatoms. The number of sulfonamides is 1. The fourth-order valence-corrected chi connectivity index (χ4v) is 6.42. The van der Waals surface area contributed by atoms with Crippen molar-refractivity contribution < 1.29 is 13.2 Å². The molecule has 0 spiro atoms. The monoisotopic (exact) mass is 497 g/mol. The minimum absolute atomic E-state index is 0.138. The van der Waals surface area contributed by atoms with E-state index in [1.165, 1.54) is 34.3 Å². The molecule has 1 aliphatic heterocycles. The Kier molecular flexibility index (Phi) is 7.14. The topological polar surface area (TPSA) is 97.2 Å². The summed E-state index contributed by atoms with van der Waals surface area (Å²) in [5.41, 5.74) is 0.290. The highest BCUT2D eigenvalue weighted by atomic mass is 35.5. The van der Waals surface area contributed by atoms with Crippen LogP contribution < -0.4 is 5.32 Å². The number of hydrogen-bond acceptors (Lipinski definition) is 6. The molecule has 2 fully saturated rings. The summed E-state index contributed by atoms with van der Waals surface area (Å²) in [6.07, 6.45) is 5.02. The minimum atomic E-state index is -3.62. The first-order valence-corrected chi connectivity index (χ1v) is 13.7. The molecule has 1 N–H and O–H groups in total. The van der Waals surface area contributed by atoms with Gasteiger partial charge in [0.15, 0.2) is 5.16 Å². The van der Waals surface area contributed by atoms with Gasteiger partial charge in [0, 0.05) is 25.6 Å². The smallest absolute Gasteiger partial charge is 0.243 e. The molecular formula is C21H28ClN5O3S2. The molecule has 174 valence electrons. The summed E-state index contributed by atoms with van der Waals surface area (Å²) in [5, 5.41) is 11.9. The second kappa shape index (κ2) is 9.70.